The van der Waals surface area contributed by atoms with Crippen LogP contribution in [0.5, 0.6) is 11.5 Å². The molecule has 0 aromatic heterocycles. The van der Waals surface area contributed by atoms with Crippen LogP contribution >= 0.6 is 24.8 Å². The molecule has 0 bridgehead atoms. The molecule has 2 nitrogen and oxygen atoms in total. The smallest absolute Gasteiger partial charge is 0.147 e. The summed E-state index contributed by atoms with van der Waals surface area (Å²) < 4.78 is 18.7. The molecular formula is C52H72Cl2O2SiZr. The van der Waals surface area contributed by atoms with E-state index < -0.39 is 17.4 Å². The Morgan fingerprint density at radius 3 is 1.00 bits per heavy atom. The minimum atomic E-state index is -4.01. The Balaban J connectivity index is 0.00000372. The van der Waals surface area contributed by atoms with Gasteiger partial charge in [0, 0.05) is 0 Å². The van der Waals surface area contributed by atoms with Crippen molar-refractivity contribution in [2.24, 2.45) is 0 Å². The van der Waals surface area contributed by atoms with Crippen molar-refractivity contribution >= 4 is 43.8 Å². The monoisotopic (exact) mass is 916 g/mol. The molecular weight excluding hydrogens is 847 g/mol. The third-order valence-corrected chi connectivity index (χ3v) is 30.8. The van der Waals surface area contributed by atoms with Gasteiger partial charge in [0.25, 0.3) is 0 Å². The maximum atomic E-state index is 6.34. The Kier molecular flexibility index (Phi) is 13.2. The van der Waals surface area contributed by atoms with Gasteiger partial charge in [-0.15, -0.1) is 24.8 Å². The average Bonchev–Trinajstić information content (AvgIpc) is 3.63. The summed E-state index contributed by atoms with van der Waals surface area (Å²) >= 11 is -4.01. The molecule has 4 aromatic carbocycles. The van der Waals surface area contributed by atoms with Crippen molar-refractivity contribution in [2.75, 3.05) is 14.2 Å². The number of hydrogen-bond donors (Lipinski definition) is 0. The van der Waals surface area contributed by atoms with E-state index in [-0.39, 0.29) is 46.5 Å². The zero-order chi connectivity index (χ0) is 41.7. The first kappa shape index (κ1) is 48.3. The first-order valence-electron chi connectivity index (χ1n) is 20.8. The molecule has 0 saturated heterocycles. The number of ether oxygens (including phenoxy) is 2. The van der Waals surface area contributed by atoms with E-state index in [4.69, 9.17) is 9.47 Å². The number of fused-ring (bicyclic) bond motifs is 2. The molecule has 2 unspecified atom stereocenters. The van der Waals surface area contributed by atoms with Crippen LogP contribution < -0.4 is 9.47 Å². The van der Waals surface area contributed by atoms with Crippen LogP contribution in [-0.2, 0) is 39.1 Å². The van der Waals surface area contributed by atoms with Crippen LogP contribution in [0, 0.1) is 0 Å². The molecule has 0 spiro atoms. The molecule has 2 aliphatic rings. The zero-order valence-electron chi connectivity index (χ0n) is 38.9. The van der Waals surface area contributed by atoms with Gasteiger partial charge < -0.3 is 0 Å². The molecule has 0 heterocycles. The SMILES string of the molecule is COc1ccc(-c2cc(C(C)(C)C)cc(C(C)(C)C)c2)c2c1[CH]([Zr]([CH3])([CH3])(=[SiH2])[CH]1C(C)=Cc3c(-c4cc(C(C)(C)C)cc(C(C)(C)C)c4)ccc(OC)c31)C(C)=C2.Cl.Cl. The van der Waals surface area contributed by atoms with E-state index >= 15 is 0 Å². The molecule has 0 saturated carbocycles. The van der Waals surface area contributed by atoms with E-state index in [1.807, 2.05) is 14.2 Å². The van der Waals surface area contributed by atoms with Gasteiger partial charge in [-0.05, 0) is 0 Å². The average molecular weight is 919 g/mol. The Morgan fingerprint density at radius 1 is 0.483 bits per heavy atom. The van der Waals surface area contributed by atoms with Crippen molar-refractivity contribution in [3.05, 3.63) is 116 Å². The molecule has 2 atom stereocenters. The predicted molar refractivity (Wildman–Crippen MR) is 259 cm³/mol. The standard InChI is InChI=1S/2C25H31O.2CH3.2ClH.H2Si.Zr/c2*1-16-11-21-20(9-10-23(26-8)22(21)12-16)17-13-18(24(2,3)4)15-19(14-17)25(5,6)7;;;;;;/h2*9-15H,1-8H3;2*1H3;2*1H;1H2;. The second kappa shape index (κ2) is 15.8. The van der Waals surface area contributed by atoms with Gasteiger partial charge in [-0.2, -0.15) is 0 Å². The summed E-state index contributed by atoms with van der Waals surface area (Å²) in [5.74, 6) is 2.02. The zero-order valence-corrected chi connectivity index (χ0v) is 44.4. The molecule has 0 N–H and O–H groups in total. The first-order valence-corrected chi connectivity index (χ1v) is 34.4. The van der Waals surface area contributed by atoms with Gasteiger partial charge in [0.2, 0.25) is 0 Å². The summed E-state index contributed by atoms with van der Waals surface area (Å²) in [6.07, 6.45) is 5.03. The minimum absolute atomic E-state index is 0. The fourth-order valence-corrected chi connectivity index (χ4v) is 30.9. The number of rotatable bonds is 6. The predicted octanol–water partition coefficient (Wildman–Crippen LogP) is 15.0. The Hall–Kier alpha value is -2.36. The largest absolute Gasteiger partial charge is 0.147 e. The van der Waals surface area contributed by atoms with Crippen LogP contribution in [0.1, 0.15) is 149 Å². The first-order chi connectivity index (χ1) is 25.6. The van der Waals surface area contributed by atoms with Crippen molar-refractivity contribution in [3.63, 3.8) is 0 Å². The quantitative estimate of drug-likeness (QED) is 0.179. The molecule has 6 rings (SSSR count). The molecule has 6 heteroatoms. The Morgan fingerprint density at radius 2 is 0.759 bits per heavy atom. The van der Waals surface area contributed by atoms with Crippen molar-refractivity contribution in [1.29, 1.82) is 0 Å². The van der Waals surface area contributed by atoms with Crippen LogP contribution in [0.25, 0.3) is 34.4 Å². The summed E-state index contributed by atoms with van der Waals surface area (Å²) in [6.45, 7) is 35.1. The fourth-order valence-electron chi connectivity index (χ4n) is 9.98. The van der Waals surface area contributed by atoms with Crippen molar-refractivity contribution < 1.29 is 26.9 Å². The van der Waals surface area contributed by atoms with Crippen LogP contribution in [-0.4, -0.2) is 21.1 Å². The maximum Gasteiger partial charge on any atom is -0.147 e. The third-order valence-electron chi connectivity index (χ3n) is 13.0. The number of halogens is 2. The minimum Gasteiger partial charge on any atom is -0.147 e. The molecule has 0 amide bonds. The van der Waals surface area contributed by atoms with Crippen LogP contribution in [0.4, 0.5) is 0 Å². The van der Waals surface area contributed by atoms with E-state index in [0.29, 0.717) is 7.25 Å². The van der Waals surface area contributed by atoms with Gasteiger partial charge in [-0.3, -0.25) is 0 Å². The normalized spacial score (nSPS) is 17.1. The van der Waals surface area contributed by atoms with E-state index in [9.17, 15) is 0 Å². The summed E-state index contributed by atoms with van der Waals surface area (Å²) in [5.41, 5.74) is 19.2. The Bertz CT molecular complexity index is 2160. The number of hydrogen-bond acceptors (Lipinski definition) is 2. The van der Waals surface area contributed by atoms with Gasteiger partial charge in [-0.1, -0.05) is 0 Å². The van der Waals surface area contributed by atoms with Crippen molar-refractivity contribution in [2.45, 2.75) is 135 Å². The molecule has 0 aliphatic heterocycles. The number of allylic oxidation sites excluding steroid dienone is 2. The summed E-state index contributed by atoms with van der Waals surface area (Å²) in [4.78, 5) is 0. The molecule has 58 heavy (non-hydrogen) atoms. The molecule has 314 valence electrons. The second-order valence-corrected chi connectivity index (χ2v) is 52.9. The topological polar surface area (TPSA) is 18.5 Å². The van der Waals surface area contributed by atoms with Gasteiger partial charge >= 0.3 is 345 Å². The maximum absolute atomic E-state index is 6.34. The van der Waals surface area contributed by atoms with E-state index in [1.54, 1.807) is 0 Å². The fraction of sp³-hybridized carbons (Fsp3) is 0.462. The van der Waals surface area contributed by atoms with Crippen molar-refractivity contribution in [3.8, 4) is 33.8 Å². The molecule has 2 aliphatic carbocycles. The summed E-state index contributed by atoms with van der Waals surface area (Å²) in [7, 11) is 3.71. The second-order valence-electron chi connectivity index (χ2n) is 22.5. The van der Waals surface area contributed by atoms with Gasteiger partial charge in [0.05, 0.1) is 0 Å². The van der Waals surface area contributed by atoms with Gasteiger partial charge in [0.1, 0.15) is 0 Å². The Labute approximate surface area is 367 Å². The molecule has 0 fully saturated rings. The molecule has 0 radical (unpaired) electrons. The number of methoxy groups -OCH3 is 2. The number of benzene rings is 4. The molecule has 4 aromatic rings. The van der Waals surface area contributed by atoms with Crippen LogP contribution in [0.3, 0.4) is 0 Å². The van der Waals surface area contributed by atoms with Gasteiger partial charge in [-0.25, -0.2) is 0 Å². The van der Waals surface area contributed by atoms with Crippen LogP contribution in [0.2, 0.25) is 9.26 Å². The van der Waals surface area contributed by atoms with E-state index in [0.717, 1.165) is 11.5 Å². The van der Waals surface area contributed by atoms with Crippen LogP contribution in [0.15, 0.2) is 71.8 Å². The summed E-state index contributed by atoms with van der Waals surface area (Å²) in [5, 5.41) is 0. The van der Waals surface area contributed by atoms with E-state index in [2.05, 4.69) is 186 Å². The van der Waals surface area contributed by atoms with Gasteiger partial charge in [0.15, 0.2) is 0 Å². The van der Waals surface area contributed by atoms with E-state index in [1.165, 1.54) is 77.9 Å². The summed E-state index contributed by atoms with van der Waals surface area (Å²) in [6, 6.07) is 23.8. The van der Waals surface area contributed by atoms with Crippen molar-refractivity contribution in [1.82, 2.24) is 0 Å². The third kappa shape index (κ3) is 8.58.